The van der Waals surface area contributed by atoms with Crippen molar-refractivity contribution in [3.63, 3.8) is 0 Å². The first kappa shape index (κ1) is 12.5. The second kappa shape index (κ2) is 4.89. The van der Waals surface area contributed by atoms with Crippen LogP contribution in [-0.4, -0.2) is 22.7 Å². The maximum atomic E-state index is 11.0. The number of rotatable bonds is 3. The molecule has 0 unspecified atom stereocenters. The van der Waals surface area contributed by atoms with E-state index in [1.54, 1.807) is 12.1 Å². The Labute approximate surface area is 116 Å². The van der Waals surface area contributed by atoms with Crippen LogP contribution in [0, 0.1) is 0 Å². The van der Waals surface area contributed by atoms with Gasteiger partial charge in [-0.25, -0.2) is 4.79 Å². The highest BCUT2D eigenvalue weighted by Gasteiger charge is 2.19. The highest BCUT2D eigenvalue weighted by molar-refractivity contribution is 5.90. The third-order valence-electron chi connectivity index (χ3n) is 3.65. The maximum Gasteiger partial charge on any atom is 0.339 e. The van der Waals surface area contributed by atoms with Crippen LogP contribution in [0.15, 0.2) is 42.5 Å². The summed E-state index contributed by atoms with van der Waals surface area (Å²) < 4.78 is 0. The molecule has 3 rings (SSSR count). The summed E-state index contributed by atoms with van der Waals surface area (Å²) >= 11 is 0. The standard InChI is InChI=1S/C16H15NO3/c18-15-6-5-11(9-13(15)16(19)20)10-17-8-7-12-3-1-2-4-14(12)17/h1-6,9,18H,7-8,10H2,(H,19,20). The SMILES string of the molecule is O=C(O)c1cc(CN2CCc3ccccc32)ccc1O. The first-order valence-electron chi connectivity index (χ1n) is 6.53. The Bertz CT molecular complexity index is 667. The number of benzene rings is 2. The largest absolute Gasteiger partial charge is 0.507 e. The summed E-state index contributed by atoms with van der Waals surface area (Å²) in [6.07, 6.45) is 1.01. The van der Waals surface area contributed by atoms with Crippen LogP contribution in [0.2, 0.25) is 0 Å². The molecule has 0 aromatic heterocycles. The van der Waals surface area contributed by atoms with E-state index in [9.17, 15) is 9.90 Å². The number of carbonyl (C=O) groups is 1. The number of nitrogens with zero attached hydrogens (tertiary/aromatic N) is 1. The zero-order valence-electron chi connectivity index (χ0n) is 10.9. The number of fused-ring (bicyclic) bond motifs is 1. The Hall–Kier alpha value is -2.49. The van der Waals surface area contributed by atoms with Crippen LogP contribution in [0.3, 0.4) is 0 Å². The third-order valence-corrected chi connectivity index (χ3v) is 3.65. The molecular formula is C16H15NO3. The molecule has 2 aromatic rings. The van der Waals surface area contributed by atoms with E-state index in [2.05, 4.69) is 17.0 Å². The Morgan fingerprint density at radius 1 is 1.20 bits per heavy atom. The van der Waals surface area contributed by atoms with Gasteiger partial charge in [-0.2, -0.15) is 0 Å². The van der Waals surface area contributed by atoms with E-state index in [1.165, 1.54) is 17.3 Å². The molecule has 0 amide bonds. The summed E-state index contributed by atoms with van der Waals surface area (Å²) in [5.41, 5.74) is 3.37. The van der Waals surface area contributed by atoms with Gasteiger partial charge in [0.2, 0.25) is 0 Å². The smallest absolute Gasteiger partial charge is 0.339 e. The van der Waals surface area contributed by atoms with E-state index >= 15 is 0 Å². The number of anilines is 1. The highest BCUT2D eigenvalue weighted by atomic mass is 16.4. The summed E-state index contributed by atoms with van der Waals surface area (Å²) in [6.45, 7) is 1.58. The van der Waals surface area contributed by atoms with Gasteiger partial charge in [0, 0.05) is 18.8 Å². The van der Waals surface area contributed by atoms with Gasteiger partial charge in [0.15, 0.2) is 0 Å². The van der Waals surface area contributed by atoms with E-state index in [0.717, 1.165) is 18.5 Å². The molecule has 0 saturated heterocycles. The fraction of sp³-hybridized carbons (Fsp3) is 0.188. The van der Waals surface area contributed by atoms with Gasteiger partial charge in [-0.05, 0) is 35.7 Å². The van der Waals surface area contributed by atoms with Gasteiger partial charge >= 0.3 is 5.97 Å². The van der Waals surface area contributed by atoms with Crippen molar-refractivity contribution in [2.24, 2.45) is 0 Å². The number of carboxylic acids is 1. The lowest BCUT2D eigenvalue weighted by Crippen LogP contribution is -2.19. The number of aromatic hydroxyl groups is 1. The summed E-state index contributed by atoms with van der Waals surface area (Å²) in [6, 6.07) is 13.0. The molecule has 1 heterocycles. The van der Waals surface area contributed by atoms with Crippen LogP contribution >= 0.6 is 0 Å². The molecule has 1 aliphatic heterocycles. The number of para-hydroxylation sites is 1. The van der Waals surface area contributed by atoms with Crippen LogP contribution in [-0.2, 0) is 13.0 Å². The van der Waals surface area contributed by atoms with E-state index in [0.29, 0.717) is 6.54 Å². The number of phenols is 1. The fourth-order valence-corrected chi connectivity index (χ4v) is 2.64. The number of hydrogen-bond acceptors (Lipinski definition) is 3. The van der Waals surface area contributed by atoms with Crippen LogP contribution in [0.5, 0.6) is 5.75 Å². The summed E-state index contributed by atoms with van der Waals surface area (Å²) in [5, 5.41) is 18.6. The van der Waals surface area contributed by atoms with Gasteiger partial charge in [-0.1, -0.05) is 24.3 Å². The lowest BCUT2D eigenvalue weighted by atomic mass is 10.1. The minimum atomic E-state index is -1.11. The molecule has 20 heavy (non-hydrogen) atoms. The van der Waals surface area contributed by atoms with Crippen molar-refractivity contribution in [2.75, 3.05) is 11.4 Å². The van der Waals surface area contributed by atoms with Crippen molar-refractivity contribution in [1.29, 1.82) is 0 Å². The summed E-state index contributed by atoms with van der Waals surface area (Å²) in [5.74, 6) is -1.30. The molecule has 0 bridgehead atoms. The molecule has 4 heteroatoms. The zero-order valence-corrected chi connectivity index (χ0v) is 10.9. The fourth-order valence-electron chi connectivity index (χ4n) is 2.64. The average molecular weight is 269 g/mol. The van der Waals surface area contributed by atoms with Crippen molar-refractivity contribution in [1.82, 2.24) is 0 Å². The van der Waals surface area contributed by atoms with Gasteiger partial charge in [0.25, 0.3) is 0 Å². The number of aromatic carboxylic acids is 1. The van der Waals surface area contributed by atoms with Crippen molar-refractivity contribution in [3.05, 3.63) is 59.2 Å². The molecule has 0 atom stereocenters. The Morgan fingerprint density at radius 2 is 2.00 bits per heavy atom. The molecule has 2 N–H and O–H groups in total. The predicted octanol–water partition coefficient (Wildman–Crippen LogP) is 2.65. The van der Waals surface area contributed by atoms with Crippen LogP contribution < -0.4 is 4.90 Å². The molecule has 0 saturated carbocycles. The Kier molecular flexibility index (Phi) is 3.06. The molecule has 0 radical (unpaired) electrons. The first-order chi connectivity index (χ1) is 9.65. The predicted molar refractivity (Wildman–Crippen MR) is 76.3 cm³/mol. The molecule has 4 nitrogen and oxygen atoms in total. The van der Waals surface area contributed by atoms with Gasteiger partial charge in [-0.15, -0.1) is 0 Å². The molecule has 0 aliphatic carbocycles. The van der Waals surface area contributed by atoms with Crippen LogP contribution in [0.25, 0.3) is 0 Å². The van der Waals surface area contributed by atoms with Crippen molar-refractivity contribution >= 4 is 11.7 Å². The zero-order chi connectivity index (χ0) is 14.1. The minimum absolute atomic E-state index is 0.0463. The number of carboxylic acid groups (broad SMARTS) is 1. The quantitative estimate of drug-likeness (QED) is 0.899. The topological polar surface area (TPSA) is 60.8 Å². The molecule has 0 fully saturated rings. The first-order valence-corrected chi connectivity index (χ1v) is 6.53. The maximum absolute atomic E-state index is 11.0. The lowest BCUT2D eigenvalue weighted by Gasteiger charge is -2.19. The van der Waals surface area contributed by atoms with E-state index < -0.39 is 5.97 Å². The Morgan fingerprint density at radius 3 is 2.80 bits per heavy atom. The van der Waals surface area contributed by atoms with Gasteiger partial charge in [0.05, 0.1) is 0 Å². The monoisotopic (exact) mass is 269 g/mol. The second-order valence-corrected chi connectivity index (χ2v) is 4.96. The molecular weight excluding hydrogens is 254 g/mol. The van der Waals surface area contributed by atoms with Crippen molar-refractivity contribution in [3.8, 4) is 5.75 Å². The van der Waals surface area contributed by atoms with E-state index in [4.69, 9.17) is 5.11 Å². The van der Waals surface area contributed by atoms with Gasteiger partial charge in [-0.3, -0.25) is 0 Å². The minimum Gasteiger partial charge on any atom is -0.507 e. The highest BCUT2D eigenvalue weighted by Crippen LogP contribution is 2.29. The van der Waals surface area contributed by atoms with E-state index in [1.807, 2.05) is 12.1 Å². The molecule has 102 valence electrons. The average Bonchev–Trinajstić information content (AvgIpc) is 2.84. The van der Waals surface area contributed by atoms with E-state index in [-0.39, 0.29) is 11.3 Å². The summed E-state index contributed by atoms with van der Waals surface area (Å²) in [4.78, 5) is 13.3. The lowest BCUT2D eigenvalue weighted by molar-refractivity contribution is 0.0693. The normalized spacial score (nSPS) is 13.3. The van der Waals surface area contributed by atoms with Gasteiger partial charge in [0.1, 0.15) is 11.3 Å². The van der Waals surface area contributed by atoms with Crippen molar-refractivity contribution in [2.45, 2.75) is 13.0 Å². The second-order valence-electron chi connectivity index (χ2n) is 4.96. The molecule has 2 aromatic carbocycles. The molecule has 0 spiro atoms. The number of hydrogen-bond donors (Lipinski definition) is 2. The van der Waals surface area contributed by atoms with Crippen LogP contribution in [0.4, 0.5) is 5.69 Å². The molecule has 1 aliphatic rings. The third kappa shape index (κ3) is 2.20. The Balaban J connectivity index is 1.86. The van der Waals surface area contributed by atoms with Gasteiger partial charge < -0.3 is 15.1 Å². The van der Waals surface area contributed by atoms with Crippen LogP contribution in [0.1, 0.15) is 21.5 Å². The van der Waals surface area contributed by atoms with Crippen molar-refractivity contribution < 1.29 is 15.0 Å². The summed E-state index contributed by atoms with van der Waals surface area (Å²) in [7, 11) is 0.